The van der Waals surface area contributed by atoms with Gasteiger partial charge in [0.05, 0.1) is 5.41 Å². The van der Waals surface area contributed by atoms with Crippen LogP contribution in [0.3, 0.4) is 0 Å². The summed E-state index contributed by atoms with van der Waals surface area (Å²) in [6, 6.07) is 5.19. The summed E-state index contributed by atoms with van der Waals surface area (Å²) in [6.07, 6.45) is -0.0890. The Kier molecular flexibility index (Phi) is 4.35. The number of anilines is 1. The van der Waals surface area contributed by atoms with E-state index in [-0.39, 0.29) is 12.3 Å². The standard InChI is InChI=1S/C13H16ClNO3/c1-8-9(14)5-4-6-10(8)15-11(16)7-13(2,3)12(17)18/h4-6H,7H2,1-3H3,(H,15,16)(H,17,18). The number of halogens is 1. The summed E-state index contributed by atoms with van der Waals surface area (Å²) >= 11 is 5.94. The fraction of sp³-hybridized carbons (Fsp3) is 0.385. The Morgan fingerprint density at radius 1 is 1.39 bits per heavy atom. The van der Waals surface area contributed by atoms with Crippen LogP contribution < -0.4 is 5.32 Å². The van der Waals surface area contributed by atoms with Gasteiger partial charge in [-0.05, 0) is 38.5 Å². The molecule has 1 rings (SSSR count). The van der Waals surface area contributed by atoms with Crippen molar-refractivity contribution in [2.75, 3.05) is 5.32 Å². The minimum atomic E-state index is -1.09. The van der Waals surface area contributed by atoms with E-state index in [1.165, 1.54) is 13.8 Å². The van der Waals surface area contributed by atoms with Gasteiger partial charge >= 0.3 is 5.97 Å². The number of benzene rings is 1. The van der Waals surface area contributed by atoms with Gasteiger partial charge in [0.15, 0.2) is 0 Å². The van der Waals surface area contributed by atoms with Gasteiger partial charge in [-0.15, -0.1) is 0 Å². The molecule has 2 N–H and O–H groups in total. The normalized spacial score (nSPS) is 11.1. The van der Waals surface area contributed by atoms with Crippen LogP contribution in [0, 0.1) is 12.3 Å². The van der Waals surface area contributed by atoms with Crippen LogP contribution in [0.1, 0.15) is 25.8 Å². The highest BCUT2D eigenvalue weighted by molar-refractivity contribution is 6.31. The third kappa shape index (κ3) is 3.47. The zero-order valence-electron chi connectivity index (χ0n) is 10.6. The molecule has 0 fully saturated rings. The van der Waals surface area contributed by atoms with Gasteiger partial charge in [-0.1, -0.05) is 17.7 Å². The van der Waals surface area contributed by atoms with E-state index in [2.05, 4.69) is 5.32 Å². The first-order valence-corrected chi connectivity index (χ1v) is 5.90. The maximum atomic E-state index is 11.8. The van der Waals surface area contributed by atoms with E-state index in [1.54, 1.807) is 25.1 Å². The molecule has 4 nitrogen and oxygen atoms in total. The maximum Gasteiger partial charge on any atom is 0.309 e. The molecule has 0 saturated carbocycles. The Labute approximate surface area is 111 Å². The lowest BCUT2D eigenvalue weighted by molar-refractivity contribution is -0.148. The molecule has 0 aliphatic carbocycles. The molecule has 5 heteroatoms. The molecule has 0 aliphatic heterocycles. The summed E-state index contributed by atoms with van der Waals surface area (Å²) in [5, 5.41) is 12.2. The molecule has 18 heavy (non-hydrogen) atoms. The largest absolute Gasteiger partial charge is 0.481 e. The first kappa shape index (κ1) is 14.5. The van der Waals surface area contributed by atoms with Gasteiger partial charge in [0.25, 0.3) is 0 Å². The Bertz CT molecular complexity index is 483. The first-order chi connectivity index (χ1) is 8.24. The molecule has 0 bridgehead atoms. The van der Waals surface area contributed by atoms with Crippen LogP contribution in [0.5, 0.6) is 0 Å². The van der Waals surface area contributed by atoms with Crippen molar-refractivity contribution in [1.82, 2.24) is 0 Å². The van der Waals surface area contributed by atoms with Crippen molar-refractivity contribution in [3.05, 3.63) is 28.8 Å². The highest BCUT2D eigenvalue weighted by Crippen LogP contribution is 2.25. The van der Waals surface area contributed by atoms with E-state index in [4.69, 9.17) is 16.7 Å². The van der Waals surface area contributed by atoms with Crippen LogP contribution >= 0.6 is 11.6 Å². The third-order valence-corrected chi connectivity index (χ3v) is 3.13. The summed E-state index contributed by atoms with van der Waals surface area (Å²) in [5.41, 5.74) is 0.283. The maximum absolute atomic E-state index is 11.8. The molecular formula is C13H16ClNO3. The molecule has 1 aromatic carbocycles. The number of amides is 1. The van der Waals surface area contributed by atoms with Gasteiger partial charge in [-0.3, -0.25) is 9.59 Å². The van der Waals surface area contributed by atoms with Gasteiger partial charge in [-0.25, -0.2) is 0 Å². The third-order valence-electron chi connectivity index (χ3n) is 2.72. The van der Waals surface area contributed by atoms with Crippen molar-refractivity contribution in [2.45, 2.75) is 27.2 Å². The molecule has 0 aliphatic rings. The molecule has 0 radical (unpaired) electrons. The number of nitrogens with one attached hydrogen (secondary N) is 1. The number of carboxylic acid groups (broad SMARTS) is 1. The zero-order valence-corrected chi connectivity index (χ0v) is 11.3. The Hall–Kier alpha value is -1.55. The van der Waals surface area contributed by atoms with Crippen molar-refractivity contribution < 1.29 is 14.7 Å². The number of hydrogen-bond acceptors (Lipinski definition) is 2. The van der Waals surface area contributed by atoms with E-state index >= 15 is 0 Å². The summed E-state index contributed by atoms with van der Waals surface area (Å²) < 4.78 is 0. The molecule has 1 amide bonds. The number of hydrogen-bond donors (Lipinski definition) is 2. The average Bonchev–Trinajstić information content (AvgIpc) is 2.23. The number of rotatable bonds is 4. The molecular weight excluding hydrogens is 254 g/mol. The molecule has 0 unspecified atom stereocenters. The summed E-state index contributed by atoms with van der Waals surface area (Å²) in [7, 11) is 0. The Balaban J connectivity index is 2.77. The number of carbonyl (C=O) groups is 2. The van der Waals surface area contributed by atoms with E-state index < -0.39 is 11.4 Å². The molecule has 1 aromatic rings. The van der Waals surface area contributed by atoms with Gasteiger partial charge in [-0.2, -0.15) is 0 Å². The predicted octanol–water partition coefficient (Wildman–Crippen LogP) is 3.09. The molecule has 0 heterocycles. The van der Waals surface area contributed by atoms with Crippen LogP contribution in [-0.2, 0) is 9.59 Å². The van der Waals surface area contributed by atoms with E-state index in [0.29, 0.717) is 10.7 Å². The number of aliphatic carboxylic acids is 1. The fourth-order valence-electron chi connectivity index (χ4n) is 1.41. The summed E-state index contributed by atoms with van der Waals surface area (Å²) in [6.45, 7) is 4.82. The second-order valence-corrected chi connectivity index (χ2v) is 5.23. The highest BCUT2D eigenvalue weighted by Gasteiger charge is 2.30. The van der Waals surface area contributed by atoms with E-state index in [0.717, 1.165) is 5.56 Å². The molecule has 0 aromatic heterocycles. The van der Waals surface area contributed by atoms with Crippen molar-refractivity contribution >= 4 is 29.2 Å². The Morgan fingerprint density at radius 2 is 2.00 bits per heavy atom. The van der Waals surface area contributed by atoms with Crippen LogP contribution in [0.4, 0.5) is 5.69 Å². The van der Waals surface area contributed by atoms with Crippen LogP contribution in [0.25, 0.3) is 0 Å². The van der Waals surface area contributed by atoms with Crippen molar-refractivity contribution in [3.8, 4) is 0 Å². The van der Waals surface area contributed by atoms with Crippen molar-refractivity contribution in [3.63, 3.8) is 0 Å². The molecule has 98 valence electrons. The minimum absolute atomic E-state index is 0.0890. The second kappa shape index (κ2) is 5.40. The predicted molar refractivity (Wildman–Crippen MR) is 70.9 cm³/mol. The zero-order chi connectivity index (χ0) is 13.9. The van der Waals surface area contributed by atoms with Crippen LogP contribution in [-0.4, -0.2) is 17.0 Å². The smallest absolute Gasteiger partial charge is 0.309 e. The van der Waals surface area contributed by atoms with Crippen LogP contribution in [0.2, 0.25) is 5.02 Å². The monoisotopic (exact) mass is 269 g/mol. The highest BCUT2D eigenvalue weighted by atomic mass is 35.5. The average molecular weight is 270 g/mol. The lowest BCUT2D eigenvalue weighted by Gasteiger charge is -2.18. The first-order valence-electron chi connectivity index (χ1n) is 5.52. The lowest BCUT2D eigenvalue weighted by Crippen LogP contribution is -2.29. The summed E-state index contributed by atoms with van der Waals surface area (Å²) in [4.78, 5) is 22.7. The molecule has 0 atom stereocenters. The SMILES string of the molecule is Cc1c(Cl)cccc1NC(=O)CC(C)(C)C(=O)O. The van der Waals surface area contributed by atoms with Gasteiger partial charge in [0.1, 0.15) is 0 Å². The van der Waals surface area contributed by atoms with Gasteiger partial charge in [0.2, 0.25) is 5.91 Å². The van der Waals surface area contributed by atoms with Gasteiger partial charge in [0, 0.05) is 17.1 Å². The summed E-state index contributed by atoms with van der Waals surface area (Å²) in [5.74, 6) is -1.34. The second-order valence-electron chi connectivity index (χ2n) is 4.83. The number of carboxylic acids is 1. The van der Waals surface area contributed by atoms with E-state index in [1.807, 2.05) is 0 Å². The minimum Gasteiger partial charge on any atom is -0.481 e. The van der Waals surface area contributed by atoms with Crippen molar-refractivity contribution in [1.29, 1.82) is 0 Å². The van der Waals surface area contributed by atoms with Crippen LogP contribution in [0.15, 0.2) is 18.2 Å². The van der Waals surface area contributed by atoms with E-state index in [9.17, 15) is 9.59 Å². The van der Waals surface area contributed by atoms with Gasteiger partial charge < -0.3 is 10.4 Å². The Morgan fingerprint density at radius 3 is 2.56 bits per heavy atom. The number of carbonyl (C=O) groups excluding carboxylic acids is 1. The van der Waals surface area contributed by atoms with Crippen molar-refractivity contribution in [2.24, 2.45) is 5.41 Å². The topological polar surface area (TPSA) is 66.4 Å². The quantitative estimate of drug-likeness (QED) is 0.883. The molecule has 0 spiro atoms. The lowest BCUT2D eigenvalue weighted by atomic mass is 9.89. The fourth-order valence-corrected chi connectivity index (χ4v) is 1.59. The molecule has 0 saturated heterocycles.